The molecular weight excluding hydrogens is 246 g/mol. The van der Waals surface area contributed by atoms with Crippen LogP contribution in [0.4, 0.5) is 0 Å². The molecule has 4 atom stereocenters. The summed E-state index contributed by atoms with van der Waals surface area (Å²) < 4.78 is 0. The van der Waals surface area contributed by atoms with E-state index in [1.165, 1.54) is 12.8 Å². The summed E-state index contributed by atoms with van der Waals surface area (Å²) in [5, 5.41) is 12.1. The maximum absolute atomic E-state index is 11.8. The van der Waals surface area contributed by atoms with Gasteiger partial charge < -0.3 is 10.4 Å². The van der Waals surface area contributed by atoms with E-state index in [1.54, 1.807) is 11.8 Å². The molecule has 1 fully saturated rings. The van der Waals surface area contributed by atoms with Crippen molar-refractivity contribution in [3.8, 4) is 0 Å². The number of aliphatic hydroxyl groups excluding tert-OH is 1. The van der Waals surface area contributed by atoms with E-state index < -0.39 is 0 Å². The Balaban J connectivity index is 2.23. The minimum atomic E-state index is 0.149. The average molecular weight is 273 g/mol. The van der Waals surface area contributed by atoms with Crippen LogP contribution in [0.25, 0.3) is 0 Å². The van der Waals surface area contributed by atoms with Crippen LogP contribution in [0.3, 0.4) is 0 Å². The highest BCUT2D eigenvalue weighted by Gasteiger charge is 2.27. The molecule has 0 radical (unpaired) electrons. The van der Waals surface area contributed by atoms with Crippen LogP contribution in [-0.2, 0) is 4.79 Å². The van der Waals surface area contributed by atoms with Gasteiger partial charge in [-0.3, -0.25) is 4.79 Å². The predicted molar refractivity (Wildman–Crippen MR) is 77.7 cm³/mol. The summed E-state index contributed by atoms with van der Waals surface area (Å²) in [6, 6.07) is 0.358. The van der Waals surface area contributed by atoms with Gasteiger partial charge in [-0.15, -0.1) is 0 Å². The number of hydrogen-bond acceptors (Lipinski definition) is 3. The summed E-state index contributed by atoms with van der Waals surface area (Å²) in [6.45, 7) is 6.72. The second-order valence-corrected chi connectivity index (χ2v) is 6.77. The molecule has 18 heavy (non-hydrogen) atoms. The summed E-state index contributed by atoms with van der Waals surface area (Å²) in [5.41, 5.74) is 0. The van der Waals surface area contributed by atoms with Crippen LogP contribution < -0.4 is 5.32 Å². The number of amides is 1. The average Bonchev–Trinajstić information content (AvgIpc) is 2.34. The standard InChI is InChI=1S/C14H27NO2S/c1-10(7-16)8-18-9-14(17)15-13-6-4-5-11(2)12(13)3/h10-13,16H,4-9H2,1-3H3,(H,15,17). The number of rotatable bonds is 6. The molecule has 2 N–H and O–H groups in total. The third kappa shape index (κ3) is 5.19. The van der Waals surface area contributed by atoms with Crippen LogP contribution in [-0.4, -0.2) is 35.2 Å². The molecule has 0 heterocycles. The first-order chi connectivity index (χ1) is 8.54. The van der Waals surface area contributed by atoms with Crippen LogP contribution in [0, 0.1) is 17.8 Å². The number of thioether (sulfide) groups is 1. The van der Waals surface area contributed by atoms with E-state index >= 15 is 0 Å². The Labute approximate surface area is 115 Å². The molecule has 0 aliphatic heterocycles. The molecule has 0 spiro atoms. The molecule has 0 saturated heterocycles. The lowest BCUT2D eigenvalue weighted by molar-refractivity contribution is -0.119. The van der Waals surface area contributed by atoms with Crippen LogP contribution >= 0.6 is 11.8 Å². The van der Waals surface area contributed by atoms with E-state index in [-0.39, 0.29) is 18.4 Å². The highest BCUT2D eigenvalue weighted by atomic mass is 32.2. The molecule has 1 rings (SSSR count). The van der Waals surface area contributed by atoms with Gasteiger partial charge in [-0.05, 0) is 29.9 Å². The zero-order valence-corrected chi connectivity index (χ0v) is 12.6. The molecule has 0 aromatic rings. The molecule has 1 aliphatic carbocycles. The van der Waals surface area contributed by atoms with Gasteiger partial charge in [0.1, 0.15) is 0 Å². The highest BCUT2D eigenvalue weighted by Crippen LogP contribution is 2.29. The molecule has 0 bridgehead atoms. The third-order valence-electron chi connectivity index (χ3n) is 4.00. The van der Waals surface area contributed by atoms with Gasteiger partial charge >= 0.3 is 0 Å². The van der Waals surface area contributed by atoms with E-state index in [9.17, 15) is 4.79 Å². The molecule has 4 unspecified atom stereocenters. The predicted octanol–water partition coefficient (Wildman–Crippen LogP) is 2.29. The Morgan fingerprint density at radius 2 is 2.17 bits per heavy atom. The quantitative estimate of drug-likeness (QED) is 0.780. The van der Waals surface area contributed by atoms with Gasteiger partial charge in [0, 0.05) is 12.6 Å². The van der Waals surface area contributed by atoms with Crippen molar-refractivity contribution in [2.24, 2.45) is 17.8 Å². The molecule has 4 heteroatoms. The Hall–Kier alpha value is -0.220. The third-order valence-corrected chi connectivity index (χ3v) is 5.27. The van der Waals surface area contributed by atoms with Crippen LogP contribution in [0.2, 0.25) is 0 Å². The fourth-order valence-corrected chi connectivity index (χ4v) is 3.33. The maximum atomic E-state index is 11.8. The van der Waals surface area contributed by atoms with Crippen molar-refractivity contribution in [1.29, 1.82) is 0 Å². The van der Waals surface area contributed by atoms with Crippen LogP contribution in [0.15, 0.2) is 0 Å². The molecule has 1 saturated carbocycles. The smallest absolute Gasteiger partial charge is 0.230 e. The number of carbonyl (C=O) groups excluding carboxylic acids is 1. The fourth-order valence-electron chi connectivity index (χ4n) is 2.44. The zero-order chi connectivity index (χ0) is 13.5. The fraction of sp³-hybridized carbons (Fsp3) is 0.929. The molecule has 1 amide bonds. The molecule has 3 nitrogen and oxygen atoms in total. The van der Waals surface area contributed by atoms with E-state index in [4.69, 9.17) is 5.11 Å². The summed E-state index contributed by atoms with van der Waals surface area (Å²) in [6.07, 6.45) is 3.64. The first kappa shape index (κ1) is 15.8. The molecular formula is C14H27NO2S. The van der Waals surface area contributed by atoms with Crippen LogP contribution in [0.1, 0.15) is 40.0 Å². The Morgan fingerprint density at radius 3 is 2.83 bits per heavy atom. The van der Waals surface area contributed by atoms with Gasteiger partial charge in [0.05, 0.1) is 5.75 Å². The second-order valence-electron chi connectivity index (χ2n) is 5.74. The van der Waals surface area contributed by atoms with E-state index in [1.807, 2.05) is 6.92 Å². The van der Waals surface area contributed by atoms with Crippen LogP contribution in [0.5, 0.6) is 0 Å². The maximum Gasteiger partial charge on any atom is 0.230 e. The highest BCUT2D eigenvalue weighted by molar-refractivity contribution is 7.99. The van der Waals surface area contributed by atoms with Gasteiger partial charge in [-0.25, -0.2) is 0 Å². The minimum absolute atomic E-state index is 0.149. The summed E-state index contributed by atoms with van der Waals surface area (Å²) in [4.78, 5) is 11.8. The lowest BCUT2D eigenvalue weighted by Crippen LogP contribution is -2.44. The van der Waals surface area contributed by atoms with Crippen molar-refractivity contribution in [1.82, 2.24) is 5.32 Å². The molecule has 0 aromatic carbocycles. The van der Waals surface area contributed by atoms with E-state index in [0.29, 0.717) is 23.6 Å². The SMILES string of the molecule is CC(CO)CSCC(=O)NC1CCCC(C)C1C. The van der Waals surface area contributed by atoms with Gasteiger partial charge in [0.15, 0.2) is 0 Å². The second kappa shape index (κ2) is 8.05. The topological polar surface area (TPSA) is 49.3 Å². The first-order valence-electron chi connectivity index (χ1n) is 7.02. The number of carbonyl (C=O) groups is 1. The summed E-state index contributed by atoms with van der Waals surface area (Å²) in [7, 11) is 0. The minimum Gasteiger partial charge on any atom is -0.396 e. The molecule has 106 valence electrons. The lowest BCUT2D eigenvalue weighted by Gasteiger charge is -2.34. The Bertz CT molecular complexity index is 260. The van der Waals surface area contributed by atoms with Crippen molar-refractivity contribution >= 4 is 17.7 Å². The number of hydrogen-bond donors (Lipinski definition) is 2. The first-order valence-corrected chi connectivity index (χ1v) is 8.18. The lowest BCUT2D eigenvalue weighted by atomic mass is 9.78. The summed E-state index contributed by atoms with van der Waals surface area (Å²) in [5.74, 6) is 3.09. The Morgan fingerprint density at radius 1 is 1.44 bits per heavy atom. The molecule has 1 aliphatic rings. The largest absolute Gasteiger partial charge is 0.396 e. The monoisotopic (exact) mass is 273 g/mol. The number of nitrogens with one attached hydrogen (secondary N) is 1. The van der Waals surface area contributed by atoms with Crippen molar-refractivity contribution in [3.63, 3.8) is 0 Å². The van der Waals surface area contributed by atoms with Crippen molar-refractivity contribution in [2.45, 2.75) is 46.1 Å². The zero-order valence-electron chi connectivity index (χ0n) is 11.8. The molecule has 0 aromatic heterocycles. The van der Waals surface area contributed by atoms with Gasteiger partial charge in [-0.2, -0.15) is 11.8 Å². The summed E-state index contributed by atoms with van der Waals surface area (Å²) >= 11 is 1.61. The normalized spacial score (nSPS) is 29.9. The van der Waals surface area contributed by atoms with Crippen molar-refractivity contribution in [2.75, 3.05) is 18.1 Å². The van der Waals surface area contributed by atoms with E-state index in [2.05, 4.69) is 19.2 Å². The van der Waals surface area contributed by atoms with E-state index in [0.717, 1.165) is 12.2 Å². The van der Waals surface area contributed by atoms with Crippen molar-refractivity contribution in [3.05, 3.63) is 0 Å². The number of aliphatic hydroxyl groups is 1. The Kier molecular flexibility index (Phi) is 7.08. The van der Waals surface area contributed by atoms with Crippen molar-refractivity contribution < 1.29 is 9.90 Å². The van der Waals surface area contributed by atoms with Gasteiger partial charge in [0.2, 0.25) is 5.91 Å². The van der Waals surface area contributed by atoms with Gasteiger partial charge in [0.25, 0.3) is 0 Å². The van der Waals surface area contributed by atoms with Gasteiger partial charge in [-0.1, -0.05) is 33.6 Å².